The molecule has 2 rings (SSSR count). The summed E-state index contributed by atoms with van der Waals surface area (Å²) >= 11 is 3.15. The van der Waals surface area contributed by atoms with Crippen LogP contribution >= 0.6 is 23.1 Å². The Labute approximate surface area is 162 Å². The highest BCUT2D eigenvalue weighted by molar-refractivity contribution is 7.98. The largest absolute Gasteiger partial charge is 0.452 e. The van der Waals surface area contributed by atoms with Crippen LogP contribution < -0.4 is 5.32 Å². The molecule has 0 saturated carbocycles. The molecule has 0 aliphatic carbocycles. The predicted octanol–water partition coefficient (Wildman–Crippen LogP) is 4.21. The monoisotopic (exact) mass is 392 g/mol. The summed E-state index contributed by atoms with van der Waals surface area (Å²) in [7, 11) is 0. The van der Waals surface area contributed by atoms with Crippen LogP contribution in [-0.2, 0) is 15.3 Å². The van der Waals surface area contributed by atoms with Crippen LogP contribution in [0.1, 0.15) is 47.7 Å². The maximum Gasteiger partial charge on any atom is 0.339 e. The van der Waals surface area contributed by atoms with Crippen LogP contribution in [0.5, 0.6) is 0 Å². The molecular weight excluding hydrogens is 368 g/mol. The average molecular weight is 393 g/mol. The number of thiazole rings is 1. The molecule has 5 nitrogen and oxygen atoms in total. The number of aromatic nitrogens is 1. The number of esters is 1. The number of hydrogen-bond donors (Lipinski definition) is 1. The summed E-state index contributed by atoms with van der Waals surface area (Å²) in [6.07, 6.45) is 1.89. The zero-order valence-corrected chi connectivity index (χ0v) is 16.9. The van der Waals surface area contributed by atoms with Crippen LogP contribution in [0, 0.1) is 6.92 Å². The van der Waals surface area contributed by atoms with Gasteiger partial charge in [-0.05, 0) is 32.4 Å². The lowest BCUT2D eigenvalue weighted by Crippen LogP contribution is -2.35. The molecule has 1 atom stereocenters. The Bertz CT molecular complexity index is 746. The summed E-state index contributed by atoms with van der Waals surface area (Å²) in [5, 5.41) is 5.87. The second-order valence-corrected chi connectivity index (χ2v) is 8.06. The van der Waals surface area contributed by atoms with Gasteiger partial charge in [0.1, 0.15) is 0 Å². The molecule has 0 aliphatic heterocycles. The number of rotatable bonds is 9. The quantitative estimate of drug-likeness (QED) is 0.511. The fourth-order valence-electron chi connectivity index (χ4n) is 2.42. The number of hydrogen-bond acceptors (Lipinski definition) is 6. The number of amides is 1. The van der Waals surface area contributed by atoms with Gasteiger partial charge in [-0.3, -0.25) is 4.79 Å². The van der Waals surface area contributed by atoms with Gasteiger partial charge in [0.25, 0.3) is 5.91 Å². The summed E-state index contributed by atoms with van der Waals surface area (Å²) in [5.41, 5.74) is 1.46. The van der Waals surface area contributed by atoms with Crippen LogP contribution in [0.3, 0.4) is 0 Å². The number of aryl methyl sites for hydroxylation is 1. The molecule has 1 unspecified atom stereocenters. The van der Waals surface area contributed by atoms with Crippen LogP contribution in [-0.4, -0.2) is 29.5 Å². The Morgan fingerprint density at radius 3 is 2.81 bits per heavy atom. The van der Waals surface area contributed by atoms with Crippen molar-refractivity contribution in [1.82, 2.24) is 10.3 Å². The van der Waals surface area contributed by atoms with Crippen molar-refractivity contribution in [3.63, 3.8) is 0 Å². The van der Waals surface area contributed by atoms with Gasteiger partial charge in [0.05, 0.1) is 16.3 Å². The normalized spacial score (nSPS) is 11.8. The van der Waals surface area contributed by atoms with Crippen LogP contribution in [0.25, 0.3) is 0 Å². The minimum absolute atomic E-state index is 0.0793. The molecule has 1 amide bonds. The number of carbonyl (C=O) groups excluding carboxylic acids is 2. The first-order chi connectivity index (χ1) is 12.5. The smallest absolute Gasteiger partial charge is 0.339 e. The molecule has 0 radical (unpaired) electrons. The van der Waals surface area contributed by atoms with E-state index in [0.29, 0.717) is 11.3 Å². The van der Waals surface area contributed by atoms with Gasteiger partial charge in [-0.25, -0.2) is 9.78 Å². The zero-order chi connectivity index (χ0) is 18.9. The molecule has 7 heteroatoms. The molecule has 1 N–H and O–H groups in total. The van der Waals surface area contributed by atoms with Crippen molar-refractivity contribution in [2.75, 3.05) is 6.61 Å². The molecule has 26 heavy (non-hydrogen) atoms. The Kier molecular flexibility index (Phi) is 8.12. The van der Waals surface area contributed by atoms with E-state index in [4.69, 9.17) is 4.74 Å². The Hall–Kier alpha value is -1.86. The van der Waals surface area contributed by atoms with Crippen molar-refractivity contribution in [3.05, 3.63) is 45.9 Å². The highest BCUT2D eigenvalue weighted by Crippen LogP contribution is 2.27. The van der Waals surface area contributed by atoms with E-state index in [0.717, 1.165) is 28.4 Å². The second-order valence-electron chi connectivity index (χ2n) is 5.98. The minimum Gasteiger partial charge on any atom is -0.452 e. The zero-order valence-electron chi connectivity index (χ0n) is 15.3. The Morgan fingerprint density at radius 1 is 1.35 bits per heavy atom. The van der Waals surface area contributed by atoms with Gasteiger partial charge in [0.15, 0.2) is 6.61 Å². The molecule has 0 fully saturated rings. The van der Waals surface area contributed by atoms with Gasteiger partial charge in [-0.15, -0.1) is 23.1 Å². The highest BCUT2D eigenvalue weighted by atomic mass is 32.2. The summed E-state index contributed by atoms with van der Waals surface area (Å²) in [5.74, 6) is -0.0767. The maximum absolute atomic E-state index is 12.4. The molecule has 140 valence electrons. The van der Waals surface area contributed by atoms with Gasteiger partial charge >= 0.3 is 5.97 Å². The van der Waals surface area contributed by atoms with E-state index >= 15 is 0 Å². The molecule has 0 saturated heterocycles. The number of thioether (sulfide) groups is 1. The number of ether oxygens (including phenoxy) is 1. The van der Waals surface area contributed by atoms with E-state index in [1.807, 2.05) is 31.4 Å². The summed E-state index contributed by atoms with van der Waals surface area (Å²) < 4.78 is 5.19. The van der Waals surface area contributed by atoms with Crippen LogP contribution in [0.4, 0.5) is 0 Å². The summed E-state index contributed by atoms with van der Waals surface area (Å²) in [4.78, 5) is 29.5. The van der Waals surface area contributed by atoms with E-state index in [-0.39, 0.29) is 18.6 Å². The highest BCUT2D eigenvalue weighted by Gasteiger charge is 2.15. The molecule has 0 bridgehead atoms. The number of carbonyl (C=O) groups is 2. The molecule has 1 heterocycles. The first-order valence-corrected chi connectivity index (χ1v) is 10.5. The van der Waals surface area contributed by atoms with Crippen LogP contribution in [0.2, 0.25) is 0 Å². The van der Waals surface area contributed by atoms with E-state index in [1.165, 1.54) is 11.8 Å². The minimum atomic E-state index is -0.485. The second kappa shape index (κ2) is 10.3. The van der Waals surface area contributed by atoms with Gasteiger partial charge in [-0.1, -0.05) is 25.5 Å². The summed E-state index contributed by atoms with van der Waals surface area (Å²) in [6, 6.07) is 7.34. The lowest BCUT2D eigenvalue weighted by Gasteiger charge is -2.13. The first-order valence-electron chi connectivity index (χ1n) is 8.59. The fraction of sp³-hybridized carbons (Fsp3) is 0.421. The standard InChI is InChI=1S/C19H24N2O3S2/c1-4-7-13(2)20-18(22)10-24-19(23)16-8-5-6-9-17(16)26-12-15-11-25-14(3)21-15/h5-6,8-9,11,13H,4,7,10,12H2,1-3H3,(H,20,22). The van der Waals surface area contributed by atoms with Crippen molar-refractivity contribution in [3.8, 4) is 0 Å². The van der Waals surface area contributed by atoms with Crippen molar-refractivity contribution in [2.45, 2.75) is 50.3 Å². The van der Waals surface area contributed by atoms with Gasteiger partial charge in [0.2, 0.25) is 0 Å². The van der Waals surface area contributed by atoms with Crippen molar-refractivity contribution < 1.29 is 14.3 Å². The van der Waals surface area contributed by atoms with Gasteiger partial charge < -0.3 is 10.1 Å². The topological polar surface area (TPSA) is 68.3 Å². The molecule has 2 aromatic rings. The average Bonchev–Trinajstić information content (AvgIpc) is 3.03. The SMILES string of the molecule is CCCC(C)NC(=O)COC(=O)c1ccccc1SCc1csc(C)n1. The lowest BCUT2D eigenvalue weighted by molar-refractivity contribution is -0.124. The van der Waals surface area contributed by atoms with Crippen LogP contribution in [0.15, 0.2) is 34.5 Å². The number of nitrogens with one attached hydrogen (secondary N) is 1. The third kappa shape index (κ3) is 6.46. The van der Waals surface area contributed by atoms with E-state index in [1.54, 1.807) is 23.5 Å². The van der Waals surface area contributed by atoms with E-state index in [9.17, 15) is 9.59 Å². The van der Waals surface area contributed by atoms with Crippen molar-refractivity contribution in [2.24, 2.45) is 0 Å². The third-order valence-corrected chi connectivity index (χ3v) is 5.54. The number of benzene rings is 1. The van der Waals surface area contributed by atoms with Gasteiger partial charge in [-0.2, -0.15) is 0 Å². The van der Waals surface area contributed by atoms with E-state index in [2.05, 4.69) is 17.2 Å². The lowest BCUT2D eigenvalue weighted by atomic mass is 10.2. The molecule has 0 spiro atoms. The summed E-state index contributed by atoms with van der Waals surface area (Å²) in [6.45, 7) is 5.70. The Balaban J connectivity index is 1.91. The van der Waals surface area contributed by atoms with Crippen molar-refractivity contribution >= 4 is 35.0 Å². The predicted molar refractivity (Wildman–Crippen MR) is 106 cm³/mol. The molecule has 1 aromatic carbocycles. The third-order valence-electron chi connectivity index (χ3n) is 3.61. The molecular formula is C19H24N2O3S2. The fourth-order valence-corrected chi connectivity index (χ4v) is 4.07. The van der Waals surface area contributed by atoms with E-state index < -0.39 is 5.97 Å². The van der Waals surface area contributed by atoms with Gasteiger partial charge in [0, 0.05) is 22.1 Å². The first kappa shape index (κ1) is 20.5. The Morgan fingerprint density at radius 2 is 2.12 bits per heavy atom. The van der Waals surface area contributed by atoms with Crippen molar-refractivity contribution in [1.29, 1.82) is 0 Å². The maximum atomic E-state index is 12.4. The number of nitrogens with zero attached hydrogens (tertiary/aromatic N) is 1. The molecule has 1 aromatic heterocycles. The molecule has 0 aliphatic rings.